The summed E-state index contributed by atoms with van der Waals surface area (Å²) in [5, 5.41) is 2.38. The fourth-order valence-electron chi connectivity index (χ4n) is 2.14. The van der Waals surface area contributed by atoms with E-state index in [-0.39, 0.29) is 0 Å². The summed E-state index contributed by atoms with van der Waals surface area (Å²) in [6.07, 6.45) is 4.62. The van der Waals surface area contributed by atoms with Crippen LogP contribution in [0.1, 0.15) is 11.1 Å². The summed E-state index contributed by atoms with van der Waals surface area (Å²) in [4.78, 5) is 5.41. The smallest absolute Gasteiger partial charge is 0.235 e. The van der Waals surface area contributed by atoms with Crippen molar-refractivity contribution in [3.63, 3.8) is 0 Å². The molecule has 2 aromatic rings. The van der Waals surface area contributed by atoms with Crippen molar-refractivity contribution in [3.05, 3.63) is 40.9 Å². The number of rotatable bonds is 6. The Kier molecular flexibility index (Phi) is 5.05. The zero-order valence-corrected chi connectivity index (χ0v) is 14.3. The van der Waals surface area contributed by atoms with Crippen molar-refractivity contribution in [3.8, 4) is 0 Å². The topological polar surface area (TPSA) is 56.4 Å². The van der Waals surface area contributed by atoms with Crippen molar-refractivity contribution in [1.82, 2.24) is 14.2 Å². The average Bonchev–Trinajstić information content (AvgIpc) is 2.85. The zero-order chi connectivity index (χ0) is 16.3. The Balaban J connectivity index is 2.29. The number of H-pyrrole nitrogens is 1. The van der Waals surface area contributed by atoms with Crippen molar-refractivity contribution in [1.29, 1.82) is 0 Å². The standard InChI is InChI=1S/C16H23N3O2S/c1-18(2)9-7-14-12-17-16-6-5-13(11-15(14)16)8-10-22(20,21)19(3)4/h5-6,8,10-12,17H,7,9H2,1-4H3/b10-8+. The van der Waals surface area contributed by atoms with E-state index >= 15 is 0 Å². The quantitative estimate of drug-likeness (QED) is 0.887. The van der Waals surface area contributed by atoms with Crippen LogP contribution in [0.5, 0.6) is 0 Å². The maximum Gasteiger partial charge on any atom is 0.235 e. The van der Waals surface area contributed by atoms with Gasteiger partial charge in [-0.25, -0.2) is 12.7 Å². The first-order valence-electron chi connectivity index (χ1n) is 7.15. The van der Waals surface area contributed by atoms with E-state index in [0.29, 0.717) is 0 Å². The van der Waals surface area contributed by atoms with Gasteiger partial charge in [0.2, 0.25) is 10.0 Å². The summed E-state index contributed by atoms with van der Waals surface area (Å²) in [6.45, 7) is 0.974. The fourth-order valence-corrected chi connectivity index (χ4v) is 2.71. The molecule has 2 rings (SSSR count). The van der Waals surface area contributed by atoms with Crippen LogP contribution in [0.25, 0.3) is 17.0 Å². The molecular weight excluding hydrogens is 298 g/mol. The number of nitrogens with zero attached hydrogens (tertiary/aromatic N) is 2. The Morgan fingerprint density at radius 2 is 1.91 bits per heavy atom. The number of likely N-dealkylation sites (N-methyl/N-ethyl adjacent to an activating group) is 1. The molecule has 0 fully saturated rings. The monoisotopic (exact) mass is 321 g/mol. The minimum atomic E-state index is -3.33. The molecule has 1 N–H and O–H groups in total. The molecule has 5 nitrogen and oxygen atoms in total. The van der Waals surface area contributed by atoms with Gasteiger partial charge in [0.1, 0.15) is 0 Å². The molecule has 1 aromatic heterocycles. The lowest BCUT2D eigenvalue weighted by Gasteiger charge is -2.08. The lowest BCUT2D eigenvalue weighted by molar-refractivity contribution is 0.414. The highest BCUT2D eigenvalue weighted by Crippen LogP contribution is 2.21. The summed E-state index contributed by atoms with van der Waals surface area (Å²) >= 11 is 0. The third-order valence-corrected chi connectivity index (χ3v) is 5.06. The minimum Gasteiger partial charge on any atom is -0.361 e. The molecule has 1 heterocycles. The highest BCUT2D eigenvalue weighted by molar-refractivity contribution is 7.92. The molecule has 6 heteroatoms. The van der Waals surface area contributed by atoms with E-state index in [2.05, 4.69) is 24.0 Å². The first-order valence-corrected chi connectivity index (χ1v) is 8.65. The van der Waals surface area contributed by atoms with E-state index in [1.54, 1.807) is 6.08 Å². The van der Waals surface area contributed by atoms with Crippen LogP contribution >= 0.6 is 0 Å². The van der Waals surface area contributed by atoms with Gasteiger partial charge in [0.05, 0.1) is 0 Å². The summed E-state index contributed by atoms with van der Waals surface area (Å²) < 4.78 is 24.8. The van der Waals surface area contributed by atoms with Gasteiger partial charge in [-0.15, -0.1) is 0 Å². The molecule has 0 saturated carbocycles. The van der Waals surface area contributed by atoms with Gasteiger partial charge < -0.3 is 9.88 Å². The normalized spacial score (nSPS) is 13.0. The second-order valence-corrected chi connectivity index (χ2v) is 7.83. The molecule has 0 amide bonds. The van der Waals surface area contributed by atoms with E-state index in [1.807, 2.05) is 24.4 Å². The second kappa shape index (κ2) is 6.64. The highest BCUT2D eigenvalue weighted by atomic mass is 32.2. The Labute approximate surface area is 132 Å². The lowest BCUT2D eigenvalue weighted by atomic mass is 10.1. The average molecular weight is 321 g/mol. The molecule has 0 atom stereocenters. The van der Waals surface area contributed by atoms with Gasteiger partial charge in [-0.1, -0.05) is 6.07 Å². The molecule has 0 unspecified atom stereocenters. The molecule has 22 heavy (non-hydrogen) atoms. The Bertz CT molecular complexity index is 774. The van der Waals surface area contributed by atoms with Gasteiger partial charge in [0, 0.05) is 43.1 Å². The predicted octanol–water partition coefficient (Wildman–Crippen LogP) is 2.13. The molecule has 0 bridgehead atoms. The molecule has 1 aromatic carbocycles. The Morgan fingerprint density at radius 3 is 2.55 bits per heavy atom. The van der Waals surface area contributed by atoms with Crippen molar-refractivity contribution >= 4 is 27.0 Å². The summed E-state index contributed by atoms with van der Waals surface area (Å²) in [7, 11) is 3.82. The first kappa shape index (κ1) is 16.7. The van der Waals surface area contributed by atoms with Gasteiger partial charge in [0.15, 0.2) is 0 Å². The third kappa shape index (κ3) is 3.97. The first-order chi connectivity index (χ1) is 10.3. The van der Waals surface area contributed by atoms with Crippen molar-refractivity contribution in [2.75, 3.05) is 34.7 Å². The number of aromatic nitrogens is 1. The van der Waals surface area contributed by atoms with E-state index < -0.39 is 10.0 Å². The molecular formula is C16H23N3O2S. The summed E-state index contributed by atoms with van der Waals surface area (Å²) in [5.74, 6) is 0. The molecule has 0 spiro atoms. The van der Waals surface area contributed by atoms with Crippen LogP contribution in [0, 0.1) is 0 Å². The molecule has 0 aliphatic heterocycles. The Hall–Kier alpha value is -1.63. The molecule has 0 saturated heterocycles. The maximum absolute atomic E-state index is 11.8. The fraction of sp³-hybridized carbons (Fsp3) is 0.375. The van der Waals surface area contributed by atoms with Crippen LogP contribution in [0.4, 0.5) is 0 Å². The highest BCUT2D eigenvalue weighted by Gasteiger charge is 2.08. The third-order valence-electron chi connectivity index (χ3n) is 3.56. The van der Waals surface area contributed by atoms with Crippen molar-refractivity contribution < 1.29 is 8.42 Å². The summed E-state index contributed by atoms with van der Waals surface area (Å²) in [6, 6.07) is 5.92. The Morgan fingerprint density at radius 1 is 1.18 bits per heavy atom. The number of hydrogen-bond donors (Lipinski definition) is 1. The van der Waals surface area contributed by atoms with Crippen LogP contribution in [-0.2, 0) is 16.4 Å². The second-order valence-electron chi connectivity index (χ2n) is 5.80. The number of benzene rings is 1. The number of aromatic amines is 1. The van der Waals surface area contributed by atoms with Gasteiger partial charge in [-0.3, -0.25) is 0 Å². The number of hydrogen-bond acceptors (Lipinski definition) is 3. The largest absolute Gasteiger partial charge is 0.361 e. The van der Waals surface area contributed by atoms with Crippen LogP contribution in [-0.4, -0.2) is 57.3 Å². The maximum atomic E-state index is 11.8. The van der Waals surface area contributed by atoms with Gasteiger partial charge >= 0.3 is 0 Å². The number of fused-ring (bicyclic) bond motifs is 1. The molecule has 120 valence electrons. The predicted molar refractivity (Wildman–Crippen MR) is 92.2 cm³/mol. The van der Waals surface area contributed by atoms with Crippen LogP contribution in [0.2, 0.25) is 0 Å². The zero-order valence-electron chi connectivity index (χ0n) is 13.5. The number of nitrogens with one attached hydrogen (secondary N) is 1. The van der Waals surface area contributed by atoms with E-state index in [4.69, 9.17) is 0 Å². The van der Waals surface area contributed by atoms with Crippen molar-refractivity contribution in [2.24, 2.45) is 0 Å². The summed E-state index contributed by atoms with van der Waals surface area (Å²) in [5.41, 5.74) is 3.19. The van der Waals surface area contributed by atoms with Crippen LogP contribution < -0.4 is 0 Å². The lowest BCUT2D eigenvalue weighted by Crippen LogP contribution is -2.19. The van der Waals surface area contributed by atoms with Gasteiger partial charge in [-0.05, 0) is 49.9 Å². The molecule has 0 radical (unpaired) electrons. The minimum absolute atomic E-state index is 0.878. The number of sulfonamides is 1. The molecule has 0 aliphatic carbocycles. The van der Waals surface area contributed by atoms with Crippen molar-refractivity contribution in [2.45, 2.75) is 6.42 Å². The van der Waals surface area contributed by atoms with Crippen LogP contribution in [0.3, 0.4) is 0 Å². The van der Waals surface area contributed by atoms with E-state index in [9.17, 15) is 8.42 Å². The van der Waals surface area contributed by atoms with E-state index in [1.165, 1.54) is 29.4 Å². The van der Waals surface area contributed by atoms with Gasteiger partial charge in [-0.2, -0.15) is 0 Å². The van der Waals surface area contributed by atoms with E-state index in [0.717, 1.165) is 29.4 Å². The van der Waals surface area contributed by atoms with Gasteiger partial charge in [0.25, 0.3) is 0 Å². The van der Waals surface area contributed by atoms with Crippen LogP contribution in [0.15, 0.2) is 29.8 Å². The molecule has 0 aliphatic rings. The SMILES string of the molecule is CN(C)CCc1c[nH]c2ccc(/C=C/S(=O)(=O)N(C)C)cc12.